The first-order valence-electron chi connectivity index (χ1n) is 9.32. The molecular weight excluding hydrogens is 320 g/mol. The van der Waals surface area contributed by atoms with Crippen molar-refractivity contribution in [3.05, 3.63) is 71.8 Å². The van der Waals surface area contributed by atoms with E-state index in [4.69, 9.17) is 0 Å². The smallest absolute Gasteiger partial charge is 0.298 e. The first kappa shape index (κ1) is 18.2. The Morgan fingerprint density at radius 3 is 2.54 bits per heavy atom. The molecule has 3 heteroatoms. The number of likely N-dealkylation sites (N-methyl/N-ethyl adjacent to an activating group) is 1. The number of carbonyl (C=O) groups is 1. The van der Waals surface area contributed by atoms with Gasteiger partial charge in [0.15, 0.2) is 0 Å². The van der Waals surface area contributed by atoms with Crippen LogP contribution in [0.1, 0.15) is 24.0 Å². The van der Waals surface area contributed by atoms with Crippen LogP contribution in [-0.4, -0.2) is 48.4 Å². The second-order valence-corrected chi connectivity index (χ2v) is 6.88. The van der Waals surface area contributed by atoms with E-state index in [1.165, 1.54) is 5.56 Å². The van der Waals surface area contributed by atoms with Crippen molar-refractivity contribution in [3.63, 3.8) is 0 Å². The minimum atomic E-state index is -0.0602. The highest BCUT2D eigenvalue weighted by atomic mass is 16.2. The lowest BCUT2D eigenvalue weighted by Crippen LogP contribution is -2.48. The first-order chi connectivity index (χ1) is 12.7. The lowest BCUT2D eigenvalue weighted by Gasteiger charge is -2.37. The maximum atomic E-state index is 12.5. The molecule has 0 N–H and O–H groups in total. The summed E-state index contributed by atoms with van der Waals surface area (Å²) in [6, 6.07) is 20.7. The summed E-state index contributed by atoms with van der Waals surface area (Å²) in [6.45, 7) is 2.59. The molecule has 0 aliphatic carbocycles. The second kappa shape index (κ2) is 9.22. The summed E-state index contributed by atoms with van der Waals surface area (Å²) in [5.74, 6) is 5.72. The Hall–Kier alpha value is -2.57. The lowest BCUT2D eigenvalue weighted by molar-refractivity contribution is -0.127. The second-order valence-electron chi connectivity index (χ2n) is 6.88. The third-order valence-electron chi connectivity index (χ3n) is 4.99. The van der Waals surface area contributed by atoms with Gasteiger partial charge < -0.3 is 9.80 Å². The molecule has 134 valence electrons. The maximum Gasteiger partial charge on any atom is 0.298 e. The van der Waals surface area contributed by atoms with E-state index in [2.05, 4.69) is 48.1 Å². The molecule has 2 aromatic rings. The Morgan fingerprint density at radius 1 is 1.12 bits per heavy atom. The third kappa shape index (κ3) is 5.21. The molecule has 3 nitrogen and oxygen atoms in total. The van der Waals surface area contributed by atoms with Crippen LogP contribution < -0.4 is 0 Å². The third-order valence-corrected chi connectivity index (χ3v) is 4.99. The van der Waals surface area contributed by atoms with E-state index in [-0.39, 0.29) is 5.91 Å². The van der Waals surface area contributed by atoms with Gasteiger partial charge in [0, 0.05) is 37.2 Å². The summed E-state index contributed by atoms with van der Waals surface area (Å²) in [4.78, 5) is 16.7. The largest absolute Gasteiger partial charge is 0.330 e. The highest BCUT2D eigenvalue weighted by molar-refractivity contribution is 5.94. The number of hydrogen-bond acceptors (Lipinski definition) is 2. The van der Waals surface area contributed by atoms with E-state index in [0.717, 1.165) is 44.5 Å². The zero-order valence-corrected chi connectivity index (χ0v) is 15.4. The monoisotopic (exact) mass is 346 g/mol. The summed E-state index contributed by atoms with van der Waals surface area (Å²) >= 11 is 0. The molecule has 0 saturated carbocycles. The molecule has 1 atom stereocenters. The predicted octanol–water partition coefficient (Wildman–Crippen LogP) is 3.20. The number of rotatable bonds is 4. The highest BCUT2D eigenvalue weighted by Crippen LogP contribution is 2.15. The van der Waals surface area contributed by atoms with E-state index < -0.39 is 0 Å². The van der Waals surface area contributed by atoms with Crippen LogP contribution in [0.5, 0.6) is 0 Å². The number of benzene rings is 2. The van der Waals surface area contributed by atoms with E-state index in [1.54, 1.807) is 0 Å². The van der Waals surface area contributed by atoms with Crippen LogP contribution in [0.2, 0.25) is 0 Å². The molecule has 2 aromatic carbocycles. The summed E-state index contributed by atoms with van der Waals surface area (Å²) in [7, 11) is 2.16. The van der Waals surface area contributed by atoms with Crippen molar-refractivity contribution < 1.29 is 4.79 Å². The van der Waals surface area contributed by atoms with Gasteiger partial charge in [-0.15, -0.1) is 0 Å². The van der Waals surface area contributed by atoms with Gasteiger partial charge in [-0.2, -0.15) is 0 Å². The zero-order valence-electron chi connectivity index (χ0n) is 15.4. The van der Waals surface area contributed by atoms with E-state index in [1.807, 2.05) is 41.3 Å². The number of carbonyl (C=O) groups excluding carboxylic acids is 1. The molecule has 1 aliphatic rings. The van der Waals surface area contributed by atoms with Gasteiger partial charge in [-0.25, -0.2) is 0 Å². The van der Waals surface area contributed by atoms with Crippen LogP contribution in [0, 0.1) is 11.8 Å². The van der Waals surface area contributed by atoms with Gasteiger partial charge in [-0.3, -0.25) is 4.79 Å². The normalized spacial score (nSPS) is 16.8. The fourth-order valence-corrected chi connectivity index (χ4v) is 3.36. The SMILES string of the molecule is CN(CCc1ccccc1)[C@@H]1CCCN(C(=O)C#Cc2ccccc2)C1. The van der Waals surface area contributed by atoms with Crippen molar-refractivity contribution in [1.29, 1.82) is 0 Å². The van der Waals surface area contributed by atoms with Crippen LogP contribution >= 0.6 is 0 Å². The Balaban J connectivity index is 1.53. The van der Waals surface area contributed by atoms with Crippen molar-refractivity contribution in [3.8, 4) is 11.8 Å². The Kier molecular flexibility index (Phi) is 6.46. The Morgan fingerprint density at radius 2 is 1.81 bits per heavy atom. The molecule has 0 aromatic heterocycles. The minimum absolute atomic E-state index is 0.0602. The van der Waals surface area contributed by atoms with Crippen molar-refractivity contribution >= 4 is 5.91 Å². The van der Waals surface area contributed by atoms with Crippen LogP contribution in [-0.2, 0) is 11.2 Å². The van der Waals surface area contributed by atoms with Crippen molar-refractivity contribution in [2.24, 2.45) is 0 Å². The average molecular weight is 346 g/mol. The summed E-state index contributed by atoms with van der Waals surface area (Å²) in [6.07, 6.45) is 3.22. The molecular formula is C23H26N2O. The highest BCUT2D eigenvalue weighted by Gasteiger charge is 2.25. The van der Waals surface area contributed by atoms with Gasteiger partial charge in [0.25, 0.3) is 5.91 Å². The standard InChI is InChI=1S/C23H26N2O/c1-24(18-16-21-11-6-3-7-12-21)22-13-8-17-25(19-22)23(26)15-14-20-9-4-2-5-10-20/h2-7,9-12,22H,8,13,16-19H2,1H3/t22-/m1/s1. The van der Waals surface area contributed by atoms with Gasteiger partial charge >= 0.3 is 0 Å². The molecule has 0 spiro atoms. The lowest BCUT2D eigenvalue weighted by atomic mass is 10.0. The van der Waals surface area contributed by atoms with E-state index >= 15 is 0 Å². The number of amides is 1. The van der Waals surface area contributed by atoms with Gasteiger partial charge in [0.2, 0.25) is 0 Å². The number of nitrogens with zero attached hydrogens (tertiary/aromatic N) is 2. The zero-order chi connectivity index (χ0) is 18.2. The molecule has 0 radical (unpaired) electrons. The predicted molar refractivity (Wildman–Crippen MR) is 106 cm³/mol. The Labute approximate surface area is 156 Å². The summed E-state index contributed by atoms with van der Waals surface area (Å²) in [5, 5.41) is 0. The van der Waals surface area contributed by atoms with Crippen LogP contribution in [0.15, 0.2) is 60.7 Å². The molecule has 0 unspecified atom stereocenters. The molecule has 0 bridgehead atoms. The molecule has 1 saturated heterocycles. The summed E-state index contributed by atoms with van der Waals surface area (Å²) < 4.78 is 0. The molecule has 1 heterocycles. The topological polar surface area (TPSA) is 23.6 Å². The number of piperidine rings is 1. The van der Waals surface area contributed by atoms with Crippen LogP contribution in [0.4, 0.5) is 0 Å². The maximum absolute atomic E-state index is 12.5. The molecule has 26 heavy (non-hydrogen) atoms. The Bertz CT molecular complexity index is 761. The fraction of sp³-hybridized carbons (Fsp3) is 0.348. The van der Waals surface area contributed by atoms with E-state index in [9.17, 15) is 4.79 Å². The van der Waals surface area contributed by atoms with Crippen molar-refractivity contribution in [2.75, 3.05) is 26.7 Å². The molecule has 1 amide bonds. The molecule has 1 fully saturated rings. The quantitative estimate of drug-likeness (QED) is 0.794. The number of likely N-dealkylation sites (tertiary alicyclic amines) is 1. The van der Waals surface area contributed by atoms with Crippen molar-refractivity contribution in [1.82, 2.24) is 9.80 Å². The van der Waals surface area contributed by atoms with Gasteiger partial charge in [0.1, 0.15) is 0 Å². The molecule has 1 aliphatic heterocycles. The van der Waals surface area contributed by atoms with Gasteiger partial charge in [-0.05, 0) is 44.0 Å². The molecule has 3 rings (SSSR count). The van der Waals surface area contributed by atoms with Gasteiger partial charge in [0.05, 0.1) is 0 Å². The van der Waals surface area contributed by atoms with Crippen LogP contribution in [0.3, 0.4) is 0 Å². The van der Waals surface area contributed by atoms with Gasteiger partial charge in [-0.1, -0.05) is 54.5 Å². The van der Waals surface area contributed by atoms with Crippen molar-refractivity contribution in [2.45, 2.75) is 25.3 Å². The fourth-order valence-electron chi connectivity index (χ4n) is 3.36. The minimum Gasteiger partial charge on any atom is -0.330 e. The number of hydrogen-bond donors (Lipinski definition) is 0. The van der Waals surface area contributed by atoms with E-state index in [0.29, 0.717) is 6.04 Å². The average Bonchev–Trinajstić information content (AvgIpc) is 2.72. The first-order valence-corrected chi connectivity index (χ1v) is 9.32. The van der Waals surface area contributed by atoms with Crippen LogP contribution in [0.25, 0.3) is 0 Å². The summed E-state index contributed by atoms with van der Waals surface area (Å²) in [5.41, 5.74) is 2.24.